The third-order valence-corrected chi connectivity index (χ3v) is 2.74. The van der Waals surface area contributed by atoms with Gasteiger partial charge in [0.1, 0.15) is 11.6 Å². The third kappa shape index (κ3) is 4.48. The van der Waals surface area contributed by atoms with Gasteiger partial charge in [0.05, 0.1) is 12.4 Å². The summed E-state index contributed by atoms with van der Waals surface area (Å²) < 4.78 is 4.97. The molecule has 1 rings (SSSR count). The maximum absolute atomic E-state index is 4.97. The van der Waals surface area contributed by atoms with Crippen LogP contribution in [0.5, 0.6) is 0 Å². The van der Waals surface area contributed by atoms with Crippen molar-refractivity contribution in [1.29, 1.82) is 0 Å². The molecular formula is C10H17N3OS. The highest BCUT2D eigenvalue weighted by Crippen LogP contribution is 2.11. The summed E-state index contributed by atoms with van der Waals surface area (Å²) in [5, 5.41) is 3.02. The van der Waals surface area contributed by atoms with E-state index in [1.54, 1.807) is 18.9 Å². The predicted octanol–water partition coefficient (Wildman–Crippen LogP) is 1.71. The van der Waals surface area contributed by atoms with E-state index in [0.29, 0.717) is 0 Å². The van der Waals surface area contributed by atoms with Crippen molar-refractivity contribution in [3.05, 3.63) is 17.6 Å². The zero-order valence-electron chi connectivity index (χ0n) is 9.41. The number of hydrogen-bond donors (Lipinski definition) is 1. The summed E-state index contributed by atoms with van der Waals surface area (Å²) in [4.78, 5) is 8.73. The van der Waals surface area contributed by atoms with Crippen LogP contribution in [0.1, 0.15) is 11.5 Å². The van der Waals surface area contributed by atoms with Crippen molar-refractivity contribution < 1.29 is 4.74 Å². The van der Waals surface area contributed by atoms with Crippen LogP contribution in [0.15, 0.2) is 6.07 Å². The summed E-state index contributed by atoms with van der Waals surface area (Å²) in [7, 11) is 3.58. The van der Waals surface area contributed by atoms with Gasteiger partial charge >= 0.3 is 0 Å². The summed E-state index contributed by atoms with van der Waals surface area (Å²) in [6, 6.07) is 1.93. The number of nitrogens with one attached hydrogen (secondary N) is 1. The van der Waals surface area contributed by atoms with Crippen LogP contribution >= 0.6 is 11.8 Å². The van der Waals surface area contributed by atoms with Gasteiger partial charge in [-0.1, -0.05) is 0 Å². The molecule has 5 heteroatoms. The van der Waals surface area contributed by atoms with Gasteiger partial charge in [-0.2, -0.15) is 11.8 Å². The maximum atomic E-state index is 4.97. The molecule has 0 fully saturated rings. The Balaban J connectivity index is 2.49. The molecule has 0 aliphatic rings. The van der Waals surface area contributed by atoms with Crippen LogP contribution in [-0.4, -0.2) is 36.5 Å². The van der Waals surface area contributed by atoms with Crippen LogP contribution in [0.3, 0.4) is 0 Å². The molecule has 0 aliphatic heterocycles. The number of thioether (sulfide) groups is 1. The molecule has 1 N–H and O–H groups in total. The van der Waals surface area contributed by atoms with Crippen LogP contribution in [0.25, 0.3) is 0 Å². The van der Waals surface area contributed by atoms with Crippen LogP contribution in [-0.2, 0) is 10.5 Å². The van der Waals surface area contributed by atoms with E-state index in [0.717, 1.165) is 35.4 Å². The predicted molar refractivity (Wildman–Crippen MR) is 64.4 cm³/mol. The lowest BCUT2D eigenvalue weighted by molar-refractivity contribution is 0.218. The van der Waals surface area contributed by atoms with Gasteiger partial charge in [0, 0.05) is 31.7 Å². The molecule has 0 aliphatic carbocycles. The minimum absolute atomic E-state index is 0.773. The van der Waals surface area contributed by atoms with Crippen molar-refractivity contribution in [2.24, 2.45) is 0 Å². The Kier molecular flexibility index (Phi) is 5.42. The fourth-order valence-electron chi connectivity index (χ4n) is 1.13. The average Bonchev–Trinajstić information content (AvgIpc) is 2.23. The van der Waals surface area contributed by atoms with E-state index in [-0.39, 0.29) is 0 Å². The first kappa shape index (κ1) is 12.3. The van der Waals surface area contributed by atoms with Crippen LogP contribution < -0.4 is 5.32 Å². The van der Waals surface area contributed by atoms with E-state index in [9.17, 15) is 0 Å². The number of rotatable bonds is 6. The molecule has 0 radical (unpaired) electrons. The van der Waals surface area contributed by atoms with E-state index in [1.165, 1.54) is 0 Å². The zero-order chi connectivity index (χ0) is 11.1. The molecule has 1 aromatic rings. The average molecular weight is 227 g/mol. The molecule has 84 valence electrons. The summed E-state index contributed by atoms with van der Waals surface area (Å²) in [6.07, 6.45) is 0. The second-order valence-corrected chi connectivity index (χ2v) is 4.21. The first-order chi connectivity index (χ1) is 7.26. The van der Waals surface area contributed by atoms with Gasteiger partial charge in [0.2, 0.25) is 0 Å². The van der Waals surface area contributed by atoms with Crippen molar-refractivity contribution in [3.8, 4) is 0 Å². The number of ether oxygens (including phenoxy) is 1. The first-order valence-electron chi connectivity index (χ1n) is 4.85. The van der Waals surface area contributed by atoms with Crippen molar-refractivity contribution >= 4 is 17.6 Å². The van der Waals surface area contributed by atoms with Crippen molar-refractivity contribution in [2.45, 2.75) is 12.7 Å². The number of nitrogens with zero attached hydrogens (tertiary/aromatic N) is 2. The highest BCUT2D eigenvalue weighted by molar-refractivity contribution is 7.98. The Labute approximate surface area is 94.8 Å². The normalized spacial score (nSPS) is 10.3. The first-order valence-corrected chi connectivity index (χ1v) is 6.00. The van der Waals surface area contributed by atoms with Gasteiger partial charge in [-0.15, -0.1) is 0 Å². The number of aromatic nitrogens is 2. The van der Waals surface area contributed by atoms with Crippen molar-refractivity contribution in [3.63, 3.8) is 0 Å². The quantitative estimate of drug-likeness (QED) is 0.750. The maximum Gasteiger partial charge on any atom is 0.140 e. The number of methoxy groups -OCH3 is 1. The summed E-state index contributed by atoms with van der Waals surface area (Å²) in [6.45, 7) is 2.75. The third-order valence-electron chi connectivity index (χ3n) is 1.82. The minimum Gasteiger partial charge on any atom is -0.384 e. The molecule has 1 heterocycles. The number of anilines is 1. The molecule has 1 aromatic heterocycles. The molecule has 0 aromatic carbocycles. The van der Waals surface area contributed by atoms with Crippen LogP contribution in [0.2, 0.25) is 0 Å². The van der Waals surface area contributed by atoms with Crippen molar-refractivity contribution in [2.75, 3.05) is 31.8 Å². The molecule has 0 saturated heterocycles. The van der Waals surface area contributed by atoms with E-state index < -0.39 is 0 Å². The fourth-order valence-corrected chi connectivity index (χ4v) is 1.87. The van der Waals surface area contributed by atoms with Gasteiger partial charge in [0.25, 0.3) is 0 Å². The van der Waals surface area contributed by atoms with Crippen LogP contribution in [0, 0.1) is 6.92 Å². The fraction of sp³-hybridized carbons (Fsp3) is 0.600. The lowest BCUT2D eigenvalue weighted by Gasteiger charge is -2.05. The molecule has 0 atom stereocenters. The Morgan fingerprint density at radius 3 is 2.93 bits per heavy atom. The lowest BCUT2D eigenvalue weighted by Crippen LogP contribution is -2.01. The Hall–Kier alpha value is -0.810. The molecule has 4 nitrogen and oxygen atoms in total. The summed E-state index contributed by atoms with van der Waals surface area (Å²) in [5.41, 5.74) is 0.997. The van der Waals surface area contributed by atoms with Crippen molar-refractivity contribution in [1.82, 2.24) is 9.97 Å². The lowest BCUT2D eigenvalue weighted by atomic mass is 10.4. The number of hydrogen-bond acceptors (Lipinski definition) is 5. The molecule has 0 spiro atoms. The summed E-state index contributed by atoms with van der Waals surface area (Å²) >= 11 is 1.78. The largest absolute Gasteiger partial charge is 0.384 e. The monoisotopic (exact) mass is 227 g/mol. The molecule has 0 unspecified atom stereocenters. The molecule has 0 bridgehead atoms. The van der Waals surface area contributed by atoms with E-state index in [2.05, 4.69) is 15.3 Å². The van der Waals surface area contributed by atoms with E-state index >= 15 is 0 Å². The van der Waals surface area contributed by atoms with Gasteiger partial charge < -0.3 is 10.1 Å². The number of aryl methyl sites for hydroxylation is 1. The van der Waals surface area contributed by atoms with E-state index in [1.807, 2.05) is 20.0 Å². The highest BCUT2D eigenvalue weighted by Gasteiger charge is 2.01. The molecular weight excluding hydrogens is 210 g/mol. The van der Waals surface area contributed by atoms with Gasteiger partial charge in [-0.25, -0.2) is 9.97 Å². The summed E-state index contributed by atoms with van der Waals surface area (Å²) in [5.74, 6) is 3.56. The SMILES string of the molecule is CNc1cc(C)nc(CSCCOC)n1. The smallest absolute Gasteiger partial charge is 0.140 e. The molecule has 0 saturated carbocycles. The minimum atomic E-state index is 0.773. The second kappa shape index (κ2) is 6.63. The Bertz CT molecular complexity index is 307. The van der Waals surface area contributed by atoms with Gasteiger partial charge in [0.15, 0.2) is 0 Å². The zero-order valence-corrected chi connectivity index (χ0v) is 10.2. The van der Waals surface area contributed by atoms with Crippen LogP contribution in [0.4, 0.5) is 5.82 Å². The second-order valence-electron chi connectivity index (χ2n) is 3.11. The molecule has 0 amide bonds. The molecule has 15 heavy (non-hydrogen) atoms. The highest BCUT2D eigenvalue weighted by atomic mass is 32.2. The topological polar surface area (TPSA) is 47.0 Å². The Morgan fingerprint density at radius 1 is 1.47 bits per heavy atom. The standard InChI is InChI=1S/C10H17N3OS/c1-8-6-9(11-2)13-10(12-8)7-15-5-4-14-3/h6H,4-5,7H2,1-3H3,(H,11,12,13). The Morgan fingerprint density at radius 2 is 2.27 bits per heavy atom. The van der Waals surface area contributed by atoms with E-state index in [4.69, 9.17) is 4.74 Å². The van der Waals surface area contributed by atoms with Gasteiger partial charge in [-0.05, 0) is 6.92 Å². The van der Waals surface area contributed by atoms with Gasteiger partial charge in [-0.3, -0.25) is 0 Å².